The zero-order valence-corrected chi connectivity index (χ0v) is 10.1. The fourth-order valence-corrected chi connectivity index (χ4v) is 1.67. The summed E-state index contributed by atoms with van der Waals surface area (Å²) in [5.41, 5.74) is 5.92. The lowest BCUT2D eigenvalue weighted by molar-refractivity contribution is -0.385. The molecule has 0 radical (unpaired) electrons. The highest BCUT2D eigenvalue weighted by atomic mass is 19.1. The second-order valence-electron chi connectivity index (χ2n) is 3.99. The normalized spacial score (nSPS) is 11.6. The van der Waals surface area contributed by atoms with Gasteiger partial charge in [0, 0.05) is 5.56 Å². The molecular weight excluding hydrogens is 269 g/mol. The van der Waals surface area contributed by atoms with Crippen LogP contribution in [-0.2, 0) is 6.54 Å². The van der Waals surface area contributed by atoms with Gasteiger partial charge in [0.05, 0.1) is 11.5 Å². The maximum absolute atomic E-state index is 13.4. The highest BCUT2D eigenvalue weighted by Gasteiger charge is 2.10. The van der Waals surface area contributed by atoms with Crippen LogP contribution in [0.3, 0.4) is 0 Å². The summed E-state index contributed by atoms with van der Waals surface area (Å²) in [6, 6.07) is 3.86. The maximum Gasteiger partial charge on any atom is 0.307 e. The third-order valence-corrected chi connectivity index (χ3v) is 2.54. The number of nitrogens with two attached hydrogens (primary N) is 1. The number of rotatable bonds is 4. The molecule has 0 amide bonds. The lowest BCUT2D eigenvalue weighted by atomic mass is 10.1. The van der Waals surface area contributed by atoms with Crippen molar-refractivity contribution < 1.29 is 14.5 Å². The first-order valence-electron chi connectivity index (χ1n) is 5.44. The Morgan fingerprint density at radius 1 is 1.55 bits per heavy atom. The van der Waals surface area contributed by atoms with Crippen LogP contribution >= 0.6 is 0 Å². The Bertz CT molecular complexity index is 682. The molecule has 0 saturated carbocycles. The third-order valence-electron chi connectivity index (χ3n) is 2.54. The van der Waals surface area contributed by atoms with Gasteiger partial charge in [0.2, 0.25) is 0 Å². The largest absolute Gasteiger partial charge is 0.409 e. The zero-order chi connectivity index (χ0) is 14.7. The average molecular weight is 279 g/mol. The predicted octanol–water partition coefficient (Wildman–Crippen LogP) is 1.07. The van der Waals surface area contributed by atoms with E-state index in [0.29, 0.717) is 5.56 Å². The highest BCUT2D eigenvalue weighted by molar-refractivity contribution is 5.97. The van der Waals surface area contributed by atoms with E-state index >= 15 is 0 Å². The number of benzene rings is 1. The lowest BCUT2D eigenvalue weighted by Gasteiger charge is -2.05. The average Bonchev–Trinajstić information content (AvgIpc) is 2.85. The van der Waals surface area contributed by atoms with Crippen LogP contribution in [0.5, 0.6) is 0 Å². The van der Waals surface area contributed by atoms with Gasteiger partial charge in [0.15, 0.2) is 5.84 Å². The monoisotopic (exact) mass is 279 g/mol. The van der Waals surface area contributed by atoms with Crippen LogP contribution in [0, 0.1) is 15.9 Å². The maximum atomic E-state index is 13.4. The smallest absolute Gasteiger partial charge is 0.307 e. The van der Waals surface area contributed by atoms with Crippen molar-refractivity contribution in [2.75, 3.05) is 0 Å². The van der Waals surface area contributed by atoms with Crippen molar-refractivity contribution >= 4 is 11.5 Å². The summed E-state index contributed by atoms with van der Waals surface area (Å²) < 4.78 is 14.7. The molecule has 0 aliphatic heterocycles. The fourth-order valence-electron chi connectivity index (χ4n) is 1.67. The van der Waals surface area contributed by atoms with Gasteiger partial charge in [-0.05, 0) is 23.8 Å². The Hall–Kier alpha value is -2.97. The molecule has 104 valence electrons. The minimum atomic E-state index is -0.573. The van der Waals surface area contributed by atoms with Crippen molar-refractivity contribution in [3.63, 3.8) is 0 Å². The second kappa shape index (κ2) is 5.34. The minimum absolute atomic E-state index is 0.122. The number of hydrogen-bond donors (Lipinski definition) is 2. The number of nitro groups is 1. The first kappa shape index (κ1) is 13.5. The number of amidine groups is 1. The predicted molar refractivity (Wildman–Crippen MR) is 66.9 cm³/mol. The SMILES string of the molecule is N/C(=N/O)c1cc(F)cc(Cn2cc([N+](=O)[O-])cn2)c1. The number of nitrogens with zero attached hydrogens (tertiary/aromatic N) is 4. The van der Waals surface area contributed by atoms with Crippen LogP contribution in [0.1, 0.15) is 11.1 Å². The first-order valence-corrected chi connectivity index (χ1v) is 5.44. The van der Waals surface area contributed by atoms with Gasteiger partial charge in [-0.15, -0.1) is 0 Å². The molecule has 3 N–H and O–H groups in total. The van der Waals surface area contributed by atoms with E-state index in [1.807, 2.05) is 0 Å². The lowest BCUT2D eigenvalue weighted by Crippen LogP contribution is -2.14. The summed E-state index contributed by atoms with van der Waals surface area (Å²) >= 11 is 0. The molecule has 0 aliphatic carbocycles. The van der Waals surface area contributed by atoms with Gasteiger partial charge < -0.3 is 10.9 Å². The quantitative estimate of drug-likeness (QED) is 0.285. The summed E-state index contributed by atoms with van der Waals surface area (Å²) in [6.45, 7) is 0.122. The number of oxime groups is 1. The van der Waals surface area contributed by atoms with Crippen molar-refractivity contribution in [3.8, 4) is 0 Å². The molecule has 0 spiro atoms. The van der Waals surface area contributed by atoms with Gasteiger partial charge in [0.25, 0.3) is 0 Å². The van der Waals surface area contributed by atoms with Crippen molar-refractivity contribution in [1.82, 2.24) is 9.78 Å². The van der Waals surface area contributed by atoms with Gasteiger partial charge in [-0.2, -0.15) is 5.10 Å². The van der Waals surface area contributed by atoms with E-state index in [0.717, 1.165) is 12.3 Å². The van der Waals surface area contributed by atoms with Crippen LogP contribution < -0.4 is 5.73 Å². The Labute approximate surface area is 112 Å². The van der Waals surface area contributed by atoms with E-state index in [-0.39, 0.29) is 23.6 Å². The standard InChI is InChI=1S/C11H10FN5O3/c12-9-2-7(1-8(3-9)11(13)15-18)5-16-6-10(4-14-16)17(19)20/h1-4,6,18H,5H2,(H2,13,15). The van der Waals surface area contributed by atoms with E-state index in [1.54, 1.807) is 0 Å². The number of halogens is 1. The molecule has 2 aromatic rings. The van der Waals surface area contributed by atoms with Gasteiger partial charge in [-0.25, -0.2) is 4.39 Å². The van der Waals surface area contributed by atoms with Crippen LogP contribution in [0.25, 0.3) is 0 Å². The summed E-state index contributed by atoms with van der Waals surface area (Å²) in [4.78, 5) is 9.96. The summed E-state index contributed by atoms with van der Waals surface area (Å²) in [6.07, 6.45) is 2.33. The van der Waals surface area contributed by atoms with E-state index in [9.17, 15) is 14.5 Å². The minimum Gasteiger partial charge on any atom is -0.409 e. The van der Waals surface area contributed by atoms with Gasteiger partial charge >= 0.3 is 5.69 Å². The molecule has 0 unspecified atom stereocenters. The molecule has 20 heavy (non-hydrogen) atoms. The first-order chi connectivity index (χ1) is 9.49. The molecule has 0 aliphatic rings. The molecule has 0 atom stereocenters. The Morgan fingerprint density at radius 3 is 2.90 bits per heavy atom. The molecule has 0 bridgehead atoms. The van der Waals surface area contributed by atoms with Crippen molar-refractivity contribution in [2.24, 2.45) is 10.9 Å². The van der Waals surface area contributed by atoms with Gasteiger partial charge in [0.1, 0.15) is 18.2 Å². The van der Waals surface area contributed by atoms with Crippen molar-refractivity contribution in [3.05, 3.63) is 57.7 Å². The molecule has 9 heteroatoms. The number of aromatic nitrogens is 2. The third kappa shape index (κ3) is 2.88. The molecule has 8 nitrogen and oxygen atoms in total. The van der Waals surface area contributed by atoms with E-state index in [1.165, 1.54) is 23.0 Å². The highest BCUT2D eigenvalue weighted by Crippen LogP contribution is 2.13. The topological polar surface area (TPSA) is 120 Å². The van der Waals surface area contributed by atoms with Crippen molar-refractivity contribution in [2.45, 2.75) is 6.54 Å². The molecule has 2 rings (SSSR count). The van der Waals surface area contributed by atoms with Crippen molar-refractivity contribution in [1.29, 1.82) is 0 Å². The van der Waals surface area contributed by atoms with Crippen LogP contribution in [0.2, 0.25) is 0 Å². The Kier molecular flexibility index (Phi) is 3.60. The molecule has 0 saturated heterocycles. The van der Waals surface area contributed by atoms with Gasteiger partial charge in [-0.3, -0.25) is 14.8 Å². The Morgan fingerprint density at radius 2 is 2.30 bits per heavy atom. The van der Waals surface area contributed by atoms with Crippen LogP contribution in [0.15, 0.2) is 35.7 Å². The number of hydrogen-bond acceptors (Lipinski definition) is 5. The van der Waals surface area contributed by atoms with Crippen LogP contribution in [0.4, 0.5) is 10.1 Å². The van der Waals surface area contributed by atoms with Crippen LogP contribution in [-0.4, -0.2) is 25.7 Å². The van der Waals surface area contributed by atoms with E-state index < -0.39 is 10.7 Å². The van der Waals surface area contributed by atoms with E-state index in [2.05, 4.69) is 10.3 Å². The zero-order valence-electron chi connectivity index (χ0n) is 10.1. The molecular formula is C11H10FN5O3. The Balaban J connectivity index is 2.28. The molecule has 0 fully saturated rings. The molecule has 1 aromatic heterocycles. The second-order valence-corrected chi connectivity index (χ2v) is 3.99. The summed E-state index contributed by atoms with van der Waals surface area (Å²) in [5.74, 6) is -0.789. The molecule has 1 heterocycles. The molecule has 1 aromatic carbocycles. The summed E-state index contributed by atoms with van der Waals surface area (Å²) in [5, 5.41) is 25.7. The summed E-state index contributed by atoms with van der Waals surface area (Å²) in [7, 11) is 0. The van der Waals surface area contributed by atoms with E-state index in [4.69, 9.17) is 10.9 Å². The fraction of sp³-hybridized carbons (Fsp3) is 0.0909. The van der Waals surface area contributed by atoms with Gasteiger partial charge in [-0.1, -0.05) is 5.16 Å².